The molecule has 10 heteroatoms. The summed E-state index contributed by atoms with van der Waals surface area (Å²) in [4.78, 5) is 45.4. The maximum Gasteiger partial charge on any atom is 0.303 e. The molecule has 1 rings (SSSR count). The molecule has 25 heavy (non-hydrogen) atoms. The number of hydrogen-bond acceptors (Lipinski definition) is 10. The zero-order valence-electron chi connectivity index (χ0n) is 14.7. The lowest BCUT2D eigenvalue weighted by atomic mass is 9.98. The van der Waals surface area contributed by atoms with E-state index >= 15 is 0 Å². The molecule has 10 nitrogen and oxygen atoms in total. The van der Waals surface area contributed by atoms with Crippen molar-refractivity contribution in [1.82, 2.24) is 0 Å². The number of carbonyl (C=O) groups is 4. The molecule has 0 spiro atoms. The third kappa shape index (κ3) is 6.31. The lowest BCUT2D eigenvalue weighted by Gasteiger charge is -2.43. The molecule has 0 aromatic heterocycles. The maximum absolute atomic E-state index is 11.5. The summed E-state index contributed by atoms with van der Waals surface area (Å²) in [5.41, 5.74) is 0. The molecule has 0 aliphatic carbocycles. The summed E-state index contributed by atoms with van der Waals surface area (Å²) in [6.45, 7) is 4.37. The molecular weight excluding hydrogens is 340 g/mol. The van der Waals surface area contributed by atoms with E-state index < -0.39 is 54.6 Å². The van der Waals surface area contributed by atoms with Gasteiger partial charge in [-0.1, -0.05) is 0 Å². The molecule has 1 aliphatic rings. The van der Waals surface area contributed by atoms with Crippen LogP contribution in [0, 0.1) is 0 Å². The number of ether oxygens (including phenoxy) is 6. The van der Waals surface area contributed by atoms with Crippen LogP contribution in [0.1, 0.15) is 27.7 Å². The summed E-state index contributed by atoms with van der Waals surface area (Å²) in [6, 6.07) is 0. The highest BCUT2D eigenvalue weighted by atomic mass is 16.7. The van der Waals surface area contributed by atoms with Crippen molar-refractivity contribution in [1.29, 1.82) is 0 Å². The molecular formula is C15H22O10. The van der Waals surface area contributed by atoms with Crippen molar-refractivity contribution < 1.29 is 47.6 Å². The van der Waals surface area contributed by atoms with Gasteiger partial charge in [0.1, 0.15) is 12.7 Å². The highest BCUT2D eigenvalue weighted by molar-refractivity contribution is 5.68. The smallest absolute Gasteiger partial charge is 0.303 e. The first kappa shape index (κ1) is 20.8. The average molecular weight is 362 g/mol. The lowest BCUT2D eigenvalue weighted by molar-refractivity contribution is -0.302. The van der Waals surface area contributed by atoms with Crippen molar-refractivity contribution in [2.24, 2.45) is 0 Å². The van der Waals surface area contributed by atoms with E-state index in [2.05, 4.69) is 0 Å². The van der Waals surface area contributed by atoms with Crippen molar-refractivity contribution in [3.63, 3.8) is 0 Å². The van der Waals surface area contributed by atoms with Crippen molar-refractivity contribution >= 4 is 23.9 Å². The van der Waals surface area contributed by atoms with Gasteiger partial charge in [0.25, 0.3) is 0 Å². The van der Waals surface area contributed by atoms with E-state index in [1.807, 2.05) is 0 Å². The molecule has 0 unspecified atom stereocenters. The van der Waals surface area contributed by atoms with Crippen LogP contribution in [-0.4, -0.2) is 68.3 Å². The second kappa shape index (κ2) is 9.33. The zero-order valence-corrected chi connectivity index (χ0v) is 14.7. The Kier molecular flexibility index (Phi) is 7.78. The van der Waals surface area contributed by atoms with Crippen LogP contribution in [0.5, 0.6) is 0 Å². The van der Waals surface area contributed by atoms with E-state index in [0.717, 1.165) is 20.8 Å². The number of rotatable bonds is 6. The molecule has 0 saturated carbocycles. The van der Waals surface area contributed by atoms with Crippen LogP contribution >= 0.6 is 0 Å². The van der Waals surface area contributed by atoms with Gasteiger partial charge in [-0.05, 0) is 0 Å². The Morgan fingerprint density at radius 1 is 0.760 bits per heavy atom. The van der Waals surface area contributed by atoms with E-state index in [4.69, 9.17) is 28.4 Å². The van der Waals surface area contributed by atoms with Crippen molar-refractivity contribution in [2.75, 3.05) is 13.7 Å². The predicted octanol–water partition coefficient (Wildman–Crippen LogP) is -0.284. The minimum absolute atomic E-state index is 0.280. The highest BCUT2D eigenvalue weighted by Crippen LogP contribution is 2.29. The maximum atomic E-state index is 11.5. The molecule has 0 bridgehead atoms. The Bertz CT molecular complexity index is 516. The molecule has 1 fully saturated rings. The fraction of sp³-hybridized carbons (Fsp3) is 0.733. The minimum Gasteiger partial charge on any atom is -0.463 e. The summed E-state index contributed by atoms with van der Waals surface area (Å²) in [5, 5.41) is 0. The van der Waals surface area contributed by atoms with E-state index in [1.165, 1.54) is 14.0 Å². The first-order valence-corrected chi connectivity index (χ1v) is 7.49. The molecule has 5 atom stereocenters. The summed E-state index contributed by atoms with van der Waals surface area (Å²) in [6.07, 6.45) is -5.67. The molecule has 0 aromatic rings. The van der Waals surface area contributed by atoms with Gasteiger partial charge in [-0.3, -0.25) is 19.2 Å². The number of methoxy groups -OCH3 is 1. The first-order valence-electron chi connectivity index (χ1n) is 7.49. The molecule has 0 amide bonds. The van der Waals surface area contributed by atoms with E-state index in [-0.39, 0.29) is 6.61 Å². The van der Waals surface area contributed by atoms with Gasteiger partial charge < -0.3 is 28.4 Å². The van der Waals surface area contributed by atoms with Gasteiger partial charge in [0.2, 0.25) is 0 Å². The topological polar surface area (TPSA) is 124 Å². The second-order valence-corrected chi connectivity index (χ2v) is 5.30. The fourth-order valence-electron chi connectivity index (χ4n) is 2.38. The van der Waals surface area contributed by atoms with Gasteiger partial charge in [0.15, 0.2) is 24.6 Å². The molecule has 1 heterocycles. The van der Waals surface area contributed by atoms with Crippen LogP contribution in [-0.2, 0) is 47.6 Å². The summed E-state index contributed by atoms with van der Waals surface area (Å²) in [5.74, 6) is -2.63. The monoisotopic (exact) mass is 362 g/mol. The Hall–Kier alpha value is -2.20. The normalized spacial score (nSPS) is 28.6. The van der Waals surface area contributed by atoms with Crippen LogP contribution in [0.3, 0.4) is 0 Å². The largest absolute Gasteiger partial charge is 0.463 e. The third-order valence-electron chi connectivity index (χ3n) is 3.18. The minimum atomic E-state index is -1.20. The van der Waals surface area contributed by atoms with E-state index in [0.29, 0.717) is 0 Å². The molecule has 142 valence electrons. The molecule has 0 aromatic carbocycles. The Labute approximate surface area is 144 Å². The van der Waals surface area contributed by atoms with Crippen LogP contribution in [0.2, 0.25) is 0 Å². The Morgan fingerprint density at radius 2 is 1.24 bits per heavy atom. The number of hydrogen-bond donors (Lipinski definition) is 0. The van der Waals surface area contributed by atoms with Crippen LogP contribution in [0.25, 0.3) is 0 Å². The quantitative estimate of drug-likeness (QED) is 0.460. The Morgan fingerprint density at radius 3 is 1.68 bits per heavy atom. The molecule has 1 aliphatic heterocycles. The predicted molar refractivity (Wildman–Crippen MR) is 79.0 cm³/mol. The summed E-state index contributed by atoms with van der Waals surface area (Å²) in [7, 11) is 1.29. The van der Waals surface area contributed by atoms with Crippen LogP contribution in [0.4, 0.5) is 0 Å². The summed E-state index contributed by atoms with van der Waals surface area (Å²) >= 11 is 0. The lowest BCUT2D eigenvalue weighted by Crippen LogP contribution is -2.62. The van der Waals surface area contributed by atoms with Crippen molar-refractivity contribution in [3.05, 3.63) is 0 Å². The van der Waals surface area contributed by atoms with Crippen LogP contribution < -0.4 is 0 Å². The molecule has 0 radical (unpaired) electrons. The Balaban J connectivity index is 3.18. The second-order valence-electron chi connectivity index (χ2n) is 5.30. The number of esters is 4. The molecule has 0 N–H and O–H groups in total. The third-order valence-corrected chi connectivity index (χ3v) is 3.18. The fourth-order valence-corrected chi connectivity index (χ4v) is 2.38. The van der Waals surface area contributed by atoms with Gasteiger partial charge in [0.05, 0.1) is 0 Å². The van der Waals surface area contributed by atoms with Crippen molar-refractivity contribution in [2.45, 2.75) is 58.4 Å². The zero-order chi connectivity index (χ0) is 19.1. The van der Waals surface area contributed by atoms with Crippen LogP contribution in [0.15, 0.2) is 0 Å². The number of carbonyl (C=O) groups excluding carboxylic acids is 4. The van der Waals surface area contributed by atoms with Gasteiger partial charge in [-0.2, -0.15) is 0 Å². The first-order chi connectivity index (χ1) is 11.6. The summed E-state index contributed by atoms with van der Waals surface area (Å²) < 4.78 is 31.1. The van der Waals surface area contributed by atoms with Gasteiger partial charge in [-0.15, -0.1) is 0 Å². The van der Waals surface area contributed by atoms with E-state index in [1.54, 1.807) is 0 Å². The molecule has 1 saturated heterocycles. The standard InChI is InChI=1S/C15H22O10/c1-7(16)21-6-11-12(22-8(2)17)13(23-9(3)18)14(24-10(4)19)15(20-5)25-11/h11-15H,6H2,1-5H3/t11-,12-,13-,14+,15-/m0/s1. The average Bonchev–Trinajstić information content (AvgIpc) is 2.48. The van der Waals surface area contributed by atoms with Gasteiger partial charge in [-0.25, -0.2) is 0 Å². The van der Waals surface area contributed by atoms with Gasteiger partial charge in [0, 0.05) is 34.8 Å². The van der Waals surface area contributed by atoms with E-state index in [9.17, 15) is 19.2 Å². The van der Waals surface area contributed by atoms with Gasteiger partial charge >= 0.3 is 23.9 Å². The highest BCUT2D eigenvalue weighted by Gasteiger charge is 2.52. The SMILES string of the molecule is CO[C@H]1O[C@@H](COC(C)=O)[C@H](OC(C)=O)[C@H](OC(C)=O)[C@H]1OC(C)=O. The van der Waals surface area contributed by atoms with Crippen molar-refractivity contribution in [3.8, 4) is 0 Å².